The van der Waals surface area contributed by atoms with Gasteiger partial charge in [-0.1, -0.05) is 6.07 Å². The van der Waals surface area contributed by atoms with E-state index in [9.17, 15) is 4.79 Å². The minimum atomic E-state index is 0.0687. The van der Waals surface area contributed by atoms with E-state index in [1.807, 2.05) is 47.5 Å². The van der Waals surface area contributed by atoms with Crippen LogP contribution in [0.5, 0.6) is 5.75 Å². The highest BCUT2D eigenvalue weighted by atomic mass is 16.5. The minimum Gasteiger partial charge on any atom is -0.495 e. The van der Waals surface area contributed by atoms with Crippen LogP contribution in [-0.4, -0.2) is 54.1 Å². The fourth-order valence-electron chi connectivity index (χ4n) is 3.25. The first kappa shape index (κ1) is 16.3. The summed E-state index contributed by atoms with van der Waals surface area (Å²) in [6.45, 7) is 2.91. The third-order valence-electron chi connectivity index (χ3n) is 4.72. The van der Waals surface area contributed by atoms with Crippen molar-refractivity contribution in [2.45, 2.75) is 0 Å². The first-order valence-electron chi connectivity index (χ1n) is 8.62. The molecule has 1 aliphatic rings. The molecule has 1 saturated heterocycles. The predicted octanol–water partition coefficient (Wildman–Crippen LogP) is 2.60. The second-order valence-electron chi connectivity index (χ2n) is 6.27. The SMILES string of the molecule is COc1cncc(N2CCN(C(=O)c3ccc4ncccc4c3)CC2)c1. The van der Waals surface area contributed by atoms with Gasteiger partial charge in [-0.2, -0.15) is 0 Å². The van der Waals surface area contributed by atoms with Crippen LogP contribution in [-0.2, 0) is 0 Å². The lowest BCUT2D eigenvalue weighted by atomic mass is 10.1. The summed E-state index contributed by atoms with van der Waals surface area (Å²) in [6.07, 6.45) is 5.28. The van der Waals surface area contributed by atoms with Crippen LogP contribution in [0, 0.1) is 0 Å². The van der Waals surface area contributed by atoms with Crippen LogP contribution in [0.15, 0.2) is 55.0 Å². The van der Waals surface area contributed by atoms with Crippen LogP contribution in [0.4, 0.5) is 5.69 Å². The van der Waals surface area contributed by atoms with Gasteiger partial charge in [0, 0.05) is 49.4 Å². The number of nitrogens with zero attached hydrogens (tertiary/aromatic N) is 4. The molecule has 0 N–H and O–H groups in total. The van der Waals surface area contributed by atoms with E-state index in [0.717, 1.165) is 35.4 Å². The molecule has 0 spiro atoms. The maximum atomic E-state index is 12.8. The molecule has 1 aliphatic heterocycles. The molecule has 3 heterocycles. The lowest BCUT2D eigenvalue weighted by Gasteiger charge is -2.36. The second kappa shape index (κ2) is 7.00. The molecule has 0 aliphatic carbocycles. The summed E-state index contributed by atoms with van der Waals surface area (Å²) >= 11 is 0. The Kier molecular flexibility index (Phi) is 4.39. The van der Waals surface area contributed by atoms with Gasteiger partial charge in [0.1, 0.15) is 5.75 Å². The number of pyridine rings is 2. The number of aromatic nitrogens is 2. The molecule has 6 nitrogen and oxygen atoms in total. The zero-order chi connectivity index (χ0) is 17.9. The second-order valence-corrected chi connectivity index (χ2v) is 6.27. The van der Waals surface area contributed by atoms with Gasteiger partial charge in [-0.25, -0.2) is 0 Å². The zero-order valence-corrected chi connectivity index (χ0v) is 14.6. The molecule has 0 atom stereocenters. The van der Waals surface area contributed by atoms with Crippen LogP contribution in [0.3, 0.4) is 0 Å². The minimum absolute atomic E-state index is 0.0687. The fraction of sp³-hybridized carbons (Fsp3) is 0.250. The smallest absolute Gasteiger partial charge is 0.253 e. The molecule has 1 amide bonds. The number of anilines is 1. The molecule has 6 heteroatoms. The highest BCUT2D eigenvalue weighted by Gasteiger charge is 2.23. The third-order valence-corrected chi connectivity index (χ3v) is 4.72. The molecule has 0 bridgehead atoms. The maximum Gasteiger partial charge on any atom is 0.253 e. The van der Waals surface area contributed by atoms with E-state index in [0.29, 0.717) is 18.7 Å². The van der Waals surface area contributed by atoms with E-state index in [4.69, 9.17) is 4.74 Å². The molecule has 4 rings (SSSR count). The largest absolute Gasteiger partial charge is 0.495 e. The van der Waals surface area contributed by atoms with Gasteiger partial charge in [0.05, 0.1) is 30.7 Å². The van der Waals surface area contributed by atoms with Gasteiger partial charge in [-0.3, -0.25) is 14.8 Å². The molecule has 1 aromatic carbocycles. The maximum absolute atomic E-state index is 12.8. The van der Waals surface area contributed by atoms with E-state index < -0.39 is 0 Å². The van der Waals surface area contributed by atoms with Gasteiger partial charge in [-0.05, 0) is 24.3 Å². The number of carbonyl (C=O) groups is 1. The van der Waals surface area contributed by atoms with Gasteiger partial charge in [0.15, 0.2) is 0 Å². The molecule has 2 aromatic heterocycles. The van der Waals surface area contributed by atoms with E-state index in [1.165, 1.54) is 0 Å². The number of benzene rings is 1. The van der Waals surface area contributed by atoms with E-state index >= 15 is 0 Å². The summed E-state index contributed by atoms with van der Waals surface area (Å²) in [5.41, 5.74) is 2.63. The van der Waals surface area contributed by atoms with Crippen LogP contribution < -0.4 is 9.64 Å². The Labute approximate surface area is 152 Å². The van der Waals surface area contributed by atoms with Crippen LogP contribution in [0.2, 0.25) is 0 Å². The third kappa shape index (κ3) is 3.18. The average molecular weight is 348 g/mol. The number of ether oxygens (including phenoxy) is 1. The molecule has 1 fully saturated rings. The quantitative estimate of drug-likeness (QED) is 0.728. The number of hydrogen-bond donors (Lipinski definition) is 0. The molecular weight excluding hydrogens is 328 g/mol. The number of hydrogen-bond acceptors (Lipinski definition) is 5. The molecule has 0 unspecified atom stereocenters. The molecule has 132 valence electrons. The monoisotopic (exact) mass is 348 g/mol. The highest BCUT2D eigenvalue weighted by molar-refractivity contribution is 5.98. The van der Waals surface area contributed by atoms with Crippen LogP contribution in [0.1, 0.15) is 10.4 Å². The van der Waals surface area contributed by atoms with Gasteiger partial charge < -0.3 is 14.5 Å². The van der Waals surface area contributed by atoms with E-state index in [1.54, 1.807) is 19.5 Å². The number of fused-ring (bicyclic) bond motifs is 1. The van der Waals surface area contributed by atoms with Crippen molar-refractivity contribution in [2.24, 2.45) is 0 Å². The average Bonchev–Trinajstić information content (AvgIpc) is 2.73. The van der Waals surface area contributed by atoms with Crippen molar-refractivity contribution in [2.75, 3.05) is 38.2 Å². The van der Waals surface area contributed by atoms with Gasteiger partial charge >= 0.3 is 0 Å². The Balaban J connectivity index is 1.45. The predicted molar refractivity (Wildman–Crippen MR) is 101 cm³/mol. The van der Waals surface area contributed by atoms with Crippen molar-refractivity contribution in [1.29, 1.82) is 0 Å². The van der Waals surface area contributed by atoms with Gasteiger partial charge in [-0.15, -0.1) is 0 Å². The summed E-state index contributed by atoms with van der Waals surface area (Å²) < 4.78 is 5.24. The van der Waals surface area contributed by atoms with Crippen molar-refractivity contribution in [3.05, 3.63) is 60.6 Å². The van der Waals surface area contributed by atoms with E-state index in [-0.39, 0.29) is 5.91 Å². The Morgan fingerprint density at radius 3 is 2.73 bits per heavy atom. The van der Waals surface area contributed by atoms with Crippen LogP contribution >= 0.6 is 0 Å². The standard InChI is InChI=1S/C20H20N4O2/c1-26-18-12-17(13-21-14-18)23-7-9-24(10-8-23)20(25)16-4-5-19-15(11-16)3-2-6-22-19/h2-6,11-14H,7-10H2,1H3. The Morgan fingerprint density at radius 2 is 1.92 bits per heavy atom. The normalized spacial score (nSPS) is 14.5. The van der Waals surface area contributed by atoms with Crippen molar-refractivity contribution >= 4 is 22.5 Å². The topological polar surface area (TPSA) is 58.6 Å². The summed E-state index contributed by atoms with van der Waals surface area (Å²) in [6, 6.07) is 11.5. The molecular formula is C20H20N4O2. The lowest BCUT2D eigenvalue weighted by molar-refractivity contribution is 0.0747. The van der Waals surface area contributed by atoms with Crippen molar-refractivity contribution in [3.8, 4) is 5.75 Å². The summed E-state index contributed by atoms with van der Waals surface area (Å²) in [4.78, 5) is 25.5. The van der Waals surface area contributed by atoms with Gasteiger partial charge in [0.25, 0.3) is 5.91 Å². The van der Waals surface area contributed by atoms with Crippen molar-refractivity contribution in [3.63, 3.8) is 0 Å². The van der Waals surface area contributed by atoms with Crippen molar-refractivity contribution < 1.29 is 9.53 Å². The van der Waals surface area contributed by atoms with Crippen molar-refractivity contribution in [1.82, 2.24) is 14.9 Å². The first-order valence-corrected chi connectivity index (χ1v) is 8.62. The molecule has 0 saturated carbocycles. The Morgan fingerprint density at radius 1 is 1.08 bits per heavy atom. The fourth-order valence-corrected chi connectivity index (χ4v) is 3.25. The van der Waals surface area contributed by atoms with Crippen LogP contribution in [0.25, 0.3) is 10.9 Å². The summed E-state index contributed by atoms with van der Waals surface area (Å²) in [5, 5.41) is 0.986. The number of carbonyl (C=O) groups excluding carboxylic acids is 1. The first-order chi connectivity index (χ1) is 12.7. The van der Waals surface area contributed by atoms with Gasteiger partial charge in [0.2, 0.25) is 0 Å². The summed E-state index contributed by atoms with van der Waals surface area (Å²) in [5.74, 6) is 0.810. The summed E-state index contributed by atoms with van der Waals surface area (Å²) in [7, 11) is 1.64. The van der Waals surface area contributed by atoms with E-state index in [2.05, 4.69) is 14.9 Å². The zero-order valence-electron chi connectivity index (χ0n) is 14.6. The Bertz CT molecular complexity index is 936. The molecule has 3 aromatic rings. The molecule has 0 radical (unpaired) electrons. The number of piperazine rings is 1. The number of amides is 1. The lowest BCUT2D eigenvalue weighted by Crippen LogP contribution is -2.48. The highest BCUT2D eigenvalue weighted by Crippen LogP contribution is 2.21. The Hall–Kier alpha value is -3.15. The number of rotatable bonds is 3. The number of methoxy groups -OCH3 is 1. The molecule has 26 heavy (non-hydrogen) atoms.